The SMILES string of the molecule is CNc1cccc(C(N)c2ccc3oc(=O)[nH]c3c2)c1. The van der Waals surface area contributed by atoms with E-state index >= 15 is 0 Å². The Morgan fingerprint density at radius 2 is 2.00 bits per heavy atom. The van der Waals surface area contributed by atoms with Gasteiger partial charge in [-0.2, -0.15) is 0 Å². The number of H-pyrrole nitrogens is 1. The highest BCUT2D eigenvalue weighted by atomic mass is 16.4. The summed E-state index contributed by atoms with van der Waals surface area (Å²) >= 11 is 0. The molecule has 0 saturated heterocycles. The number of hydrogen-bond acceptors (Lipinski definition) is 4. The molecule has 1 heterocycles. The number of anilines is 1. The second-order valence-corrected chi connectivity index (χ2v) is 4.62. The van der Waals surface area contributed by atoms with E-state index in [2.05, 4.69) is 10.3 Å². The van der Waals surface area contributed by atoms with Crippen molar-refractivity contribution in [2.24, 2.45) is 5.73 Å². The molecule has 0 spiro atoms. The average Bonchev–Trinajstić information content (AvgIpc) is 2.85. The van der Waals surface area contributed by atoms with Crippen molar-refractivity contribution < 1.29 is 4.42 Å². The van der Waals surface area contributed by atoms with Crippen molar-refractivity contribution in [3.8, 4) is 0 Å². The number of nitrogens with two attached hydrogens (primary N) is 1. The Labute approximate surface area is 115 Å². The molecule has 0 saturated carbocycles. The summed E-state index contributed by atoms with van der Waals surface area (Å²) in [4.78, 5) is 13.8. The lowest BCUT2D eigenvalue weighted by atomic mass is 9.99. The van der Waals surface area contributed by atoms with Crippen LogP contribution < -0.4 is 16.8 Å². The van der Waals surface area contributed by atoms with Crippen LogP contribution in [0.4, 0.5) is 5.69 Å². The Kier molecular flexibility index (Phi) is 3.04. The Hall–Kier alpha value is -2.53. The van der Waals surface area contributed by atoms with E-state index in [4.69, 9.17) is 10.2 Å². The molecule has 1 atom stereocenters. The highest BCUT2D eigenvalue weighted by Gasteiger charge is 2.11. The number of benzene rings is 2. The van der Waals surface area contributed by atoms with E-state index in [1.165, 1.54) is 0 Å². The minimum Gasteiger partial charge on any atom is -0.408 e. The molecular formula is C15H15N3O2. The summed E-state index contributed by atoms with van der Waals surface area (Å²) < 4.78 is 4.98. The molecule has 5 nitrogen and oxygen atoms in total. The van der Waals surface area contributed by atoms with Crippen LogP contribution in [0.5, 0.6) is 0 Å². The smallest absolute Gasteiger partial charge is 0.408 e. The Morgan fingerprint density at radius 1 is 1.20 bits per heavy atom. The predicted molar refractivity (Wildman–Crippen MR) is 78.9 cm³/mol. The van der Waals surface area contributed by atoms with Gasteiger partial charge in [-0.3, -0.25) is 4.98 Å². The number of fused-ring (bicyclic) bond motifs is 1. The minimum absolute atomic E-state index is 0.258. The lowest BCUT2D eigenvalue weighted by molar-refractivity contribution is 0.555. The zero-order chi connectivity index (χ0) is 14.1. The van der Waals surface area contributed by atoms with Crippen molar-refractivity contribution in [1.82, 2.24) is 4.98 Å². The highest BCUT2D eigenvalue weighted by Crippen LogP contribution is 2.24. The zero-order valence-electron chi connectivity index (χ0n) is 11.0. The Morgan fingerprint density at radius 3 is 2.80 bits per heavy atom. The van der Waals surface area contributed by atoms with Gasteiger partial charge in [-0.15, -0.1) is 0 Å². The first kappa shape index (κ1) is 12.5. The maximum absolute atomic E-state index is 11.2. The molecule has 0 aliphatic heterocycles. The molecule has 3 aromatic rings. The van der Waals surface area contributed by atoms with E-state index in [0.29, 0.717) is 11.1 Å². The van der Waals surface area contributed by atoms with Gasteiger partial charge in [0.15, 0.2) is 5.58 Å². The molecule has 20 heavy (non-hydrogen) atoms. The molecule has 0 aliphatic carbocycles. The van der Waals surface area contributed by atoms with E-state index in [0.717, 1.165) is 16.8 Å². The fourth-order valence-electron chi connectivity index (χ4n) is 2.24. The third kappa shape index (κ3) is 2.19. The summed E-state index contributed by atoms with van der Waals surface area (Å²) in [7, 11) is 1.87. The zero-order valence-corrected chi connectivity index (χ0v) is 11.0. The predicted octanol–water partition coefficient (Wildman–Crippen LogP) is 2.21. The number of aromatic amines is 1. The van der Waals surface area contributed by atoms with Crippen LogP contribution in [0, 0.1) is 0 Å². The number of oxazole rings is 1. The van der Waals surface area contributed by atoms with E-state index < -0.39 is 5.76 Å². The molecule has 3 rings (SSSR count). The van der Waals surface area contributed by atoms with Crippen LogP contribution in [0.25, 0.3) is 11.1 Å². The highest BCUT2D eigenvalue weighted by molar-refractivity contribution is 5.73. The second-order valence-electron chi connectivity index (χ2n) is 4.62. The van der Waals surface area contributed by atoms with Crippen LogP contribution in [0.3, 0.4) is 0 Å². The monoisotopic (exact) mass is 269 g/mol. The van der Waals surface area contributed by atoms with Crippen molar-refractivity contribution >= 4 is 16.8 Å². The summed E-state index contributed by atoms with van der Waals surface area (Å²) in [5.74, 6) is -0.456. The quantitative estimate of drug-likeness (QED) is 0.680. The number of rotatable bonds is 3. The molecule has 0 radical (unpaired) electrons. The van der Waals surface area contributed by atoms with Gasteiger partial charge in [-0.25, -0.2) is 4.79 Å². The van der Waals surface area contributed by atoms with E-state index in [1.54, 1.807) is 6.07 Å². The van der Waals surface area contributed by atoms with Crippen molar-refractivity contribution in [2.75, 3.05) is 12.4 Å². The first-order chi connectivity index (χ1) is 9.67. The average molecular weight is 269 g/mol. The van der Waals surface area contributed by atoms with Crippen molar-refractivity contribution in [2.45, 2.75) is 6.04 Å². The molecule has 4 N–H and O–H groups in total. The van der Waals surface area contributed by atoms with Gasteiger partial charge < -0.3 is 15.5 Å². The third-order valence-electron chi connectivity index (χ3n) is 3.34. The van der Waals surface area contributed by atoms with Gasteiger partial charge in [0.2, 0.25) is 0 Å². The summed E-state index contributed by atoms with van der Waals surface area (Å²) in [6.45, 7) is 0. The van der Waals surface area contributed by atoms with Crippen LogP contribution in [0.2, 0.25) is 0 Å². The third-order valence-corrected chi connectivity index (χ3v) is 3.34. The van der Waals surface area contributed by atoms with Gasteiger partial charge >= 0.3 is 5.76 Å². The fraction of sp³-hybridized carbons (Fsp3) is 0.133. The van der Waals surface area contributed by atoms with Gasteiger partial charge in [-0.05, 0) is 35.4 Å². The molecule has 1 unspecified atom stereocenters. The van der Waals surface area contributed by atoms with Crippen LogP contribution >= 0.6 is 0 Å². The Balaban J connectivity index is 2.02. The van der Waals surface area contributed by atoms with Crippen molar-refractivity contribution in [3.63, 3.8) is 0 Å². The normalized spacial score (nSPS) is 12.5. The first-order valence-electron chi connectivity index (χ1n) is 6.33. The number of hydrogen-bond donors (Lipinski definition) is 3. The van der Waals surface area contributed by atoms with Crippen LogP contribution in [0.15, 0.2) is 51.7 Å². The molecule has 102 valence electrons. The maximum Gasteiger partial charge on any atom is 0.417 e. The van der Waals surface area contributed by atoms with Gasteiger partial charge in [-0.1, -0.05) is 18.2 Å². The molecule has 0 amide bonds. The minimum atomic E-state index is -0.456. The van der Waals surface area contributed by atoms with Gasteiger partial charge in [0.25, 0.3) is 0 Å². The summed E-state index contributed by atoms with van der Waals surface area (Å²) in [6, 6.07) is 13.1. The fourth-order valence-corrected chi connectivity index (χ4v) is 2.24. The van der Waals surface area contributed by atoms with Crippen LogP contribution in [-0.2, 0) is 0 Å². The van der Waals surface area contributed by atoms with E-state index in [9.17, 15) is 4.79 Å². The van der Waals surface area contributed by atoms with Gasteiger partial charge in [0.05, 0.1) is 11.6 Å². The van der Waals surface area contributed by atoms with E-state index in [-0.39, 0.29) is 6.04 Å². The lowest BCUT2D eigenvalue weighted by Crippen LogP contribution is -2.12. The molecular weight excluding hydrogens is 254 g/mol. The Bertz CT molecular complexity index is 804. The largest absolute Gasteiger partial charge is 0.417 e. The molecule has 0 aliphatic rings. The van der Waals surface area contributed by atoms with Crippen LogP contribution in [0.1, 0.15) is 17.2 Å². The van der Waals surface area contributed by atoms with Gasteiger partial charge in [0, 0.05) is 12.7 Å². The standard InChI is InChI=1S/C15H15N3O2/c1-17-11-4-2-3-9(7-11)14(16)10-5-6-13-12(8-10)18-15(19)20-13/h2-8,14,17H,16H2,1H3,(H,18,19). The summed E-state index contributed by atoms with van der Waals surface area (Å²) in [5, 5.41) is 3.09. The number of nitrogens with one attached hydrogen (secondary N) is 2. The van der Waals surface area contributed by atoms with Gasteiger partial charge in [0.1, 0.15) is 0 Å². The van der Waals surface area contributed by atoms with Crippen molar-refractivity contribution in [3.05, 3.63) is 64.1 Å². The summed E-state index contributed by atoms with van der Waals surface area (Å²) in [5.41, 5.74) is 10.4. The molecule has 5 heteroatoms. The lowest BCUT2D eigenvalue weighted by Gasteiger charge is -2.13. The summed E-state index contributed by atoms with van der Waals surface area (Å²) in [6.07, 6.45) is 0. The maximum atomic E-state index is 11.2. The molecule has 2 aromatic carbocycles. The molecule has 0 fully saturated rings. The molecule has 0 bridgehead atoms. The first-order valence-corrected chi connectivity index (χ1v) is 6.33. The van der Waals surface area contributed by atoms with Crippen LogP contribution in [-0.4, -0.2) is 12.0 Å². The molecule has 1 aromatic heterocycles. The number of aromatic nitrogens is 1. The van der Waals surface area contributed by atoms with Crippen molar-refractivity contribution in [1.29, 1.82) is 0 Å². The second kappa shape index (κ2) is 4.86. The topological polar surface area (TPSA) is 84.0 Å². The van der Waals surface area contributed by atoms with E-state index in [1.807, 2.05) is 43.4 Å².